The van der Waals surface area contributed by atoms with E-state index >= 15 is 4.39 Å². The first kappa shape index (κ1) is 52.7. The molecule has 5 amide bonds. The lowest BCUT2D eigenvalue weighted by molar-refractivity contribution is -0.142. The smallest absolute Gasteiger partial charge is 0.352 e. The van der Waals surface area contributed by atoms with Crippen molar-refractivity contribution in [2.45, 2.75) is 111 Å². The number of nitrogens with zero attached hydrogens (tertiary/aromatic N) is 6. The fourth-order valence-corrected chi connectivity index (χ4v) is 10.1. The highest BCUT2D eigenvalue weighted by atomic mass is 32.1. The topological polar surface area (TPSA) is 181 Å². The van der Waals surface area contributed by atoms with Crippen LogP contribution in [0.2, 0.25) is 0 Å². The highest BCUT2D eigenvalue weighted by Crippen LogP contribution is 2.42. The van der Waals surface area contributed by atoms with Gasteiger partial charge in [-0.15, -0.1) is 11.3 Å². The molecule has 20 heteroatoms. The summed E-state index contributed by atoms with van der Waals surface area (Å²) in [5.74, 6) is -3.84. The van der Waals surface area contributed by atoms with E-state index in [1.165, 1.54) is 31.0 Å². The molecule has 2 fully saturated rings. The molecule has 0 saturated carbocycles. The van der Waals surface area contributed by atoms with E-state index in [1.54, 1.807) is 52.6 Å². The molecule has 0 bridgehead atoms. The number of carbonyl (C=O) groups excluding carboxylic acids is 5. The van der Waals surface area contributed by atoms with Crippen molar-refractivity contribution in [2.75, 3.05) is 16.3 Å². The summed E-state index contributed by atoms with van der Waals surface area (Å²) in [4.78, 5) is 81.0. The number of halogens is 4. The number of hydrogen-bond acceptors (Lipinski definition) is 10. The van der Waals surface area contributed by atoms with E-state index in [0.29, 0.717) is 60.6 Å². The molecule has 0 radical (unpaired) electrons. The molecule has 2 atom stereocenters. The number of thiazole rings is 1. The van der Waals surface area contributed by atoms with Gasteiger partial charge in [0.1, 0.15) is 23.2 Å². The van der Waals surface area contributed by atoms with Gasteiger partial charge >= 0.3 is 6.18 Å². The molecule has 376 valence electrons. The zero-order valence-corrected chi connectivity index (χ0v) is 42.1. The zero-order chi connectivity index (χ0) is 52.3. The van der Waals surface area contributed by atoms with Crippen molar-refractivity contribution in [3.05, 3.63) is 130 Å². The van der Waals surface area contributed by atoms with Gasteiger partial charge in [-0.25, -0.2) is 9.37 Å². The van der Waals surface area contributed by atoms with Crippen LogP contribution >= 0.6 is 23.6 Å². The van der Waals surface area contributed by atoms with Crippen LogP contribution in [0.4, 0.5) is 28.9 Å². The van der Waals surface area contributed by atoms with E-state index in [1.807, 2.05) is 57.5 Å². The minimum atomic E-state index is -5.20. The second-order valence-electron chi connectivity index (χ2n) is 19.2. The summed E-state index contributed by atoms with van der Waals surface area (Å²) in [6.07, 6.45) is -1.62. The highest BCUT2D eigenvalue weighted by molar-refractivity contribution is 7.81. The molecule has 0 aliphatic carbocycles. The summed E-state index contributed by atoms with van der Waals surface area (Å²) in [6, 6.07) is 19.3. The monoisotopic (exact) mass is 1020 g/mol. The van der Waals surface area contributed by atoms with E-state index in [0.717, 1.165) is 39.4 Å². The van der Waals surface area contributed by atoms with Crippen molar-refractivity contribution in [3.8, 4) is 16.5 Å². The van der Waals surface area contributed by atoms with Gasteiger partial charge < -0.3 is 25.8 Å². The Balaban J connectivity index is 0.876. The number of amides is 5. The van der Waals surface area contributed by atoms with Crippen molar-refractivity contribution < 1.29 is 41.5 Å². The molecule has 0 spiro atoms. The molecular formula is C52H53F4N9O5S2. The number of thiocarbonyl (C=S) groups is 1. The largest absolute Gasteiger partial charge is 0.420 e. The number of pyridine rings is 1. The first-order valence-corrected chi connectivity index (χ1v) is 24.5. The number of rotatable bonds is 15. The van der Waals surface area contributed by atoms with Gasteiger partial charge in [-0.1, -0.05) is 57.2 Å². The molecule has 2 unspecified atom stereocenters. The summed E-state index contributed by atoms with van der Waals surface area (Å²) in [6.45, 7) is 11.4. The predicted octanol–water partition coefficient (Wildman–Crippen LogP) is 8.55. The lowest BCUT2D eigenvalue weighted by atomic mass is 9.85. The van der Waals surface area contributed by atoms with Crippen LogP contribution in [-0.2, 0) is 44.9 Å². The Hall–Kier alpha value is -7.11. The molecule has 14 nitrogen and oxygen atoms in total. The number of benzene rings is 3. The Morgan fingerprint density at radius 1 is 0.944 bits per heavy atom. The normalized spacial score (nSPS) is 16.1. The van der Waals surface area contributed by atoms with Gasteiger partial charge in [0, 0.05) is 37.3 Å². The van der Waals surface area contributed by atoms with E-state index in [4.69, 9.17) is 12.2 Å². The first-order chi connectivity index (χ1) is 34.0. The van der Waals surface area contributed by atoms with Crippen molar-refractivity contribution in [2.24, 2.45) is 5.41 Å². The third-order valence-corrected chi connectivity index (χ3v) is 14.0. The van der Waals surface area contributed by atoms with Crippen LogP contribution in [0.5, 0.6) is 0 Å². The van der Waals surface area contributed by atoms with Gasteiger partial charge in [0.25, 0.3) is 11.8 Å². The molecule has 4 heterocycles. The Labute approximate surface area is 423 Å². The van der Waals surface area contributed by atoms with Crippen LogP contribution in [0, 0.1) is 29.5 Å². The molecule has 5 aromatic rings. The maximum atomic E-state index is 15.4. The van der Waals surface area contributed by atoms with Crippen LogP contribution in [-0.4, -0.2) is 73.7 Å². The SMILES string of the molecule is Cc1ncsc1-c1ccc(CNC(=O)C2CCCN2C(=O)C(NC(=O)c2ccc(CNC(=O)CCCc3ccc(N4C(=S)N(c5ccc(C#N)c(C(F)(F)F)c5F)C(=O)C4(C)C)cn3)cc2)C(C)(C)C)cc1. The van der Waals surface area contributed by atoms with Gasteiger partial charge in [0.2, 0.25) is 17.7 Å². The number of nitrogens with one attached hydrogen (secondary N) is 3. The highest BCUT2D eigenvalue weighted by Gasteiger charge is 2.52. The molecule has 72 heavy (non-hydrogen) atoms. The standard InChI is InChI=1S/C52H53F4N9O5S2/c1-30-43(72-29-61-30)33-16-12-32(13-17-33)27-60-46(68)39-10-8-24-63(39)47(69)44(50(2,3)4)62-45(67)34-18-14-31(15-19-34)26-59-40(66)11-7-9-36-21-22-37(28-58-36)65-49(71)64(48(70)51(65,5)6)38-23-20-35(25-57)41(42(38)53)52(54,55)56/h12-23,28-29,39,44H,7-11,24,26-27H2,1-6H3,(H,59,66)(H,60,68)(H,62,67). The number of nitriles is 1. The van der Waals surface area contributed by atoms with Gasteiger partial charge in [-0.3, -0.25) is 33.9 Å². The number of aromatic nitrogens is 2. The maximum Gasteiger partial charge on any atom is 0.420 e. The Morgan fingerprint density at radius 2 is 1.61 bits per heavy atom. The van der Waals surface area contributed by atoms with Crippen molar-refractivity contribution >= 4 is 69.6 Å². The lowest BCUT2D eigenvalue weighted by Crippen LogP contribution is -2.57. The van der Waals surface area contributed by atoms with Crippen molar-refractivity contribution in [1.29, 1.82) is 5.26 Å². The van der Waals surface area contributed by atoms with Crippen LogP contribution in [0.15, 0.2) is 84.5 Å². The summed E-state index contributed by atoms with van der Waals surface area (Å²) in [5.41, 5.74) is 1.15. The van der Waals surface area contributed by atoms with Crippen molar-refractivity contribution in [1.82, 2.24) is 30.8 Å². The maximum absolute atomic E-state index is 15.4. The number of aryl methyl sites for hydroxylation is 2. The predicted molar refractivity (Wildman–Crippen MR) is 268 cm³/mol. The molecule has 3 aromatic carbocycles. The summed E-state index contributed by atoms with van der Waals surface area (Å²) < 4.78 is 56.7. The van der Waals surface area contributed by atoms with E-state index < -0.39 is 63.7 Å². The van der Waals surface area contributed by atoms with Gasteiger partial charge in [0.05, 0.1) is 45.3 Å². The molecule has 2 aromatic heterocycles. The second-order valence-corrected chi connectivity index (χ2v) is 20.4. The molecule has 7 rings (SSSR count). The average molecular weight is 1020 g/mol. The minimum Gasteiger partial charge on any atom is -0.352 e. The third-order valence-electron chi connectivity index (χ3n) is 12.7. The zero-order valence-electron chi connectivity index (χ0n) is 40.4. The Morgan fingerprint density at radius 3 is 2.21 bits per heavy atom. The lowest BCUT2D eigenvalue weighted by Gasteiger charge is -2.35. The average Bonchev–Trinajstić information content (AvgIpc) is 4.05. The van der Waals surface area contributed by atoms with Crippen molar-refractivity contribution in [3.63, 3.8) is 0 Å². The summed E-state index contributed by atoms with van der Waals surface area (Å²) >= 11 is 7.08. The van der Waals surface area contributed by atoms with Gasteiger partial charge in [-0.2, -0.15) is 18.4 Å². The molecular weight excluding hydrogens is 971 g/mol. The number of hydrogen-bond donors (Lipinski definition) is 3. The fourth-order valence-electron chi connectivity index (χ4n) is 8.73. The molecule has 2 aliphatic heterocycles. The molecule has 3 N–H and O–H groups in total. The molecule has 2 saturated heterocycles. The summed E-state index contributed by atoms with van der Waals surface area (Å²) in [5, 5.41) is 17.7. The number of carbonyl (C=O) groups is 5. The van der Waals surface area contributed by atoms with Gasteiger partial charge in [0.15, 0.2) is 10.9 Å². The second kappa shape index (κ2) is 21.3. The Kier molecular flexibility index (Phi) is 15.6. The fraction of sp³-hybridized carbons (Fsp3) is 0.365. The number of likely N-dealkylation sites (tertiary alicyclic amines) is 1. The van der Waals surface area contributed by atoms with Gasteiger partial charge in [-0.05, 0) is 117 Å². The third kappa shape index (κ3) is 11.3. The van der Waals surface area contributed by atoms with Crippen LogP contribution in [0.3, 0.4) is 0 Å². The van der Waals surface area contributed by atoms with Crippen LogP contribution in [0.25, 0.3) is 10.4 Å². The Bertz CT molecular complexity index is 2930. The van der Waals surface area contributed by atoms with Crippen LogP contribution in [0.1, 0.15) is 104 Å². The number of anilines is 2. The minimum absolute atomic E-state index is 0.163. The first-order valence-electron chi connectivity index (χ1n) is 23.2. The van der Waals surface area contributed by atoms with E-state index in [9.17, 15) is 42.4 Å². The summed E-state index contributed by atoms with van der Waals surface area (Å²) in [7, 11) is 0. The number of alkyl halides is 3. The van der Waals surface area contributed by atoms with E-state index in [2.05, 4.69) is 25.9 Å². The van der Waals surface area contributed by atoms with Crippen LogP contribution < -0.4 is 25.8 Å². The van der Waals surface area contributed by atoms with E-state index in [-0.39, 0.29) is 35.8 Å². The molecule has 2 aliphatic rings. The quantitative estimate of drug-likeness (QED) is 0.0680.